The Morgan fingerprint density at radius 2 is 1.75 bits per heavy atom. The van der Waals surface area contributed by atoms with Crippen molar-refractivity contribution in [3.05, 3.63) is 16.3 Å². The van der Waals surface area contributed by atoms with Crippen LogP contribution in [0.2, 0.25) is 5.15 Å². The van der Waals surface area contributed by atoms with Gasteiger partial charge in [0.05, 0.1) is 0 Å². The monoisotopic (exact) mass is 294 g/mol. The second kappa shape index (κ2) is 5.49. The Bertz CT molecular complexity index is 491. The average Bonchev–Trinajstić information content (AvgIpc) is 2.40. The number of nitrogens with one attached hydrogen (secondary N) is 1. The van der Waals surface area contributed by atoms with Crippen molar-refractivity contribution in [1.29, 1.82) is 0 Å². The van der Waals surface area contributed by atoms with E-state index in [2.05, 4.69) is 34.4 Å². The highest BCUT2D eigenvalue weighted by Gasteiger charge is 2.36. The number of halogens is 1. The third-order valence-corrected chi connectivity index (χ3v) is 5.50. The van der Waals surface area contributed by atoms with Crippen molar-refractivity contribution in [3.8, 4) is 0 Å². The number of fused-ring (bicyclic) bond motifs is 2. The zero-order valence-corrected chi connectivity index (χ0v) is 13.2. The number of hydrogen-bond donors (Lipinski definition) is 1. The standard InChI is InChI=1S/C15H23ClN4/c1-9-10(2)15(19-18-14(9)16)17-11-7-12-5-4-6-13(8-11)20(12)3/h11-13H,4-8H2,1-3H3,(H,17,19). The molecule has 4 nitrogen and oxygen atoms in total. The van der Waals surface area contributed by atoms with Crippen LogP contribution in [0.25, 0.3) is 0 Å². The van der Waals surface area contributed by atoms with E-state index in [4.69, 9.17) is 11.6 Å². The van der Waals surface area contributed by atoms with Gasteiger partial charge in [-0.05, 0) is 57.7 Å². The summed E-state index contributed by atoms with van der Waals surface area (Å²) in [5.74, 6) is 0.902. The fraction of sp³-hybridized carbons (Fsp3) is 0.733. The third-order valence-electron chi connectivity index (χ3n) is 5.15. The molecule has 3 rings (SSSR count). The summed E-state index contributed by atoms with van der Waals surface area (Å²) in [7, 11) is 2.28. The zero-order valence-electron chi connectivity index (χ0n) is 12.5. The Labute approximate surface area is 125 Å². The predicted molar refractivity (Wildman–Crippen MR) is 82.4 cm³/mol. The maximum Gasteiger partial charge on any atom is 0.155 e. The van der Waals surface area contributed by atoms with Gasteiger partial charge in [-0.15, -0.1) is 10.2 Å². The summed E-state index contributed by atoms with van der Waals surface area (Å²) in [5.41, 5.74) is 2.14. The summed E-state index contributed by atoms with van der Waals surface area (Å²) in [6.45, 7) is 4.06. The molecule has 1 N–H and O–H groups in total. The Balaban J connectivity index is 1.74. The second-order valence-electron chi connectivity index (χ2n) is 6.31. The summed E-state index contributed by atoms with van der Waals surface area (Å²) in [6.07, 6.45) is 6.45. The van der Waals surface area contributed by atoms with E-state index in [1.54, 1.807) is 0 Å². The maximum absolute atomic E-state index is 6.02. The van der Waals surface area contributed by atoms with Crippen LogP contribution in [0, 0.1) is 13.8 Å². The summed E-state index contributed by atoms with van der Waals surface area (Å²) in [5, 5.41) is 12.4. The molecular formula is C15H23ClN4. The minimum Gasteiger partial charge on any atom is -0.366 e. The molecule has 2 aliphatic rings. The van der Waals surface area contributed by atoms with Gasteiger partial charge in [0, 0.05) is 18.1 Å². The largest absolute Gasteiger partial charge is 0.366 e. The second-order valence-corrected chi connectivity index (χ2v) is 6.66. The van der Waals surface area contributed by atoms with Crippen LogP contribution in [-0.4, -0.2) is 40.3 Å². The van der Waals surface area contributed by atoms with E-state index in [0.29, 0.717) is 11.2 Å². The van der Waals surface area contributed by atoms with Crippen LogP contribution in [0.1, 0.15) is 43.2 Å². The molecule has 0 aliphatic carbocycles. The van der Waals surface area contributed by atoms with E-state index in [-0.39, 0.29) is 0 Å². The predicted octanol–water partition coefficient (Wildman–Crippen LogP) is 3.17. The molecular weight excluding hydrogens is 272 g/mol. The molecule has 2 fully saturated rings. The molecule has 5 heteroatoms. The van der Waals surface area contributed by atoms with Crippen LogP contribution in [-0.2, 0) is 0 Å². The SMILES string of the molecule is Cc1c(Cl)nnc(NC2CC3CCCC(C2)N3C)c1C. The Kier molecular flexibility index (Phi) is 3.87. The summed E-state index contributed by atoms with van der Waals surface area (Å²) in [4.78, 5) is 2.58. The molecule has 3 heterocycles. The fourth-order valence-electron chi connectivity index (χ4n) is 3.64. The average molecular weight is 295 g/mol. The van der Waals surface area contributed by atoms with Gasteiger partial charge in [-0.2, -0.15) is 0 Å². The minimum atomic E-state index is 0.508. The van der Waals surface area contributed by atoms with Crippen molar-refractivity contribution in [1.82, 2.24) is 15.1 Å². The lowest BCUT2D eigenvalue weighted by Gasteiger charge is -2.47. The molecule has 0 spiro atoms. The molecule has 1 aromatic heterocycles. The van der Waals surface area contributed by atoms with Crippen LogP contribution in [0.5, 0.6) is 0 Å². The minimum absolute atomic E-state index is 0.508. The topological polar surface area (TPSA) is 41.1 Å². The maximum atomic E-state index is 6.02. The van der Waals surface area contributed by atoms with Gasteiger partial charge in [-0.3, -0.25) is 0 Å². The molecule has 0 radical (unpaired) electrons. The van der Waals surface area contributed by atoms with Crippen LogP contribution in [0.15, 0.2) is 0 Å². The number of aromatic nitrogens is 2. The van der Waals surface area contributed by atoms with E-state index in [1.165, 1.54) is 32.1 Å². The molecule has 20 heavy (non-hydrogen) atoms. The summed E-state index contributed by atoms with van der Waals surface area (Å²) >= 11 is 6.02. The Morgan fingerprint density at radius 1 is 1.10 bits per heavy atom. The Hall–Kier alpha value is -0.870. The molecule has 2 atom stereocenters. The first-order valence-corrected chi connectivity index (χ1v) is 7.92. The van der Waals surface area contributed by atoms with Gasteiger partial charge in [0.1, 0.15) is 0 Å². The number of hydrogen-bond acceptors (Lipinski definition) is 4. The van der Waals surface area contributed by atoms with Gasteiger partial charge in [0.15, 0.2) is 11.0 Å². The highest BCUT2D eigenvalue weighted by molar-refractivity contribution is 6.30. The van der Waals surface area contributed by atoms with Gasteiger partial charge in [0.2, 0.25) is 0 Å². The Morgan fingerprint density at radius 3 is 2.40 bits per heavy atom. The molecule has 0 amide bonds. The lowest BCUT2D eigenvalue weighted by molar-refractivity contribution is 0.0607. The molecule has 0 saturated carbocycles. The number of nitrogens with zero attached hydrogens (tertiary/aromatic N) is 3. The van der Waals surface area contributed by atoms with Crippen LogP contribution in [0.3, 0.4) is 0 Å². The molecule has 2 aliphatic heterocycles. The van der Waals surface area contributed by atoms with Gasteiger partial charge in [-0.25, -0.2) is 0 Å². The van der Waals surface area contributed by atoms with Gasteiger partial charge in [-0.1, -0.05) is 18.0 Å². The van der Waals surface area contributed by atoms with Crippen LogP contribution >= 0.6 is 11.6 Å². The van der Waals surface area contributed by atoms with Crippen molar-refractivity contribution in [2.24, 2.45) is 0 Å². The third kappa shape index (κ3) is 2.51. The van der Waals surface area contributed by atoms with Gasteiger partial charge >= 0.3 is 0 Å². The van der Waals surface area contributed by atoms with E-state index in [9.17, 15) is 0 Å². The fourth-order valence-corrected chi connectivity index (χ4v) is 3.82. The van der Waals surface area contributed by atoms with E-state index in [0.717, 1.165) is 29.0 Å². The lowest BCUT2D eigenvalue weighted by Crippen LogP contribution is -2.52. The number of piperidine rings is 2. The molecule has 110 valence electrons. The first kappa shape index (κ1) is 14.1. The highest BCUT2D eigenvalue weighted by atomic mass is 35.5. The van der Waals surface area contributed by atoms with Crippen molar-refractivity contribution in [3.63, 3.8) is 0 Å². The van der Waals surface area contributed by atoms with Crippen molar-refractivity contribution < 1.29 is 0 Å². The highest BCUT2D eigenvalue weighted by Crippen LogP contribution is 2.34. The number of anilines is 1. The number of rotatable bonds is 2. The van der Waals surface area contributed by atoms with Gasteiger partial charge in [0.25, 0.3) is 0 Å². The summed E-state index contributed by atoms with van der Waals surface area (Å²) < 4.78 is 0. The van der Waals surface area contributed by atoms with E-state index >= 15 is 0 Å². The van der Waals surface area contributed by atoms with Crippen molar-refractivity contribution in [2.45, 2.75) is 64.1 Å². The molecule has 2 saturated heterocycles. The van der Waals surface area contributed by atoms with Crippen LogP contribution in [0.4, 0.5) is 5.82 Å². The summed E-state index contributed by atoms with van der Waals surface area (Å²) in [6, 6.07) is 1.96. The van der Waals surface area contributed by atoms with E-state index in [1.807, 2.05) is 6.92 Å². The molecule has 2 unspecified atom stereocenters. The lowest BCUT2D eigenvalue weighted by atomic mass is 9.82. The first-order chi connectivity index (χ1) is 9.56. The van der Waals surface area contributed by atoms with Crippen LogP contribution < -0.4 is 5.32 Å². The first-order valence-electron chi connectivity index (χ1n) is 7.54. The molecule has 0 aromatic carbocycles. The molecule has 1 aromatic rings. The quantitative estimate of drug-likeness (QED) is 0.909. The van der Waals surface area contributed by atoms with Gasteiger partial charge < -0.3 is 10.2 Å². The van der Waals surface area contributed by atoms with E-state index < -0.39 is 0 Å². The smallest absolute Gasteiger partial charge is 0.155 e. The van der Waals surface area contributed by atoms with Crippen molar-refractivity contribution >= 4 is 17.4 Å². The van der Waals surface area contributed by atoms with Crippen molar-refractivity contribution in [2.75, 3.05) is 12.4 Å². The molecule has 2 bridgehead atoms. The zero-order chi connectivity index (χ0) is 14.3. The normalized spacial score (nSPS) is 30.3.